The van der Waals surface area contributed by atoms with Crippen molar-refractivity contribution in [3.63, 3.8) is 0 Å². The maximum Gasteiger partial charge on any atom is 0.138 e. The van der Waals surface area contributed by atoms with E-state index in [1.165, 1.54) is 10.9 Å². The minimum atomic E-state index is -0.386. The number of benzene rings is 1. The van der Waals surface area contributed by atoms with Gasteiger partial charge in [0, 0.05) is 23.5 Å². The van der Waals surface area contributed by atoms with Gasteiger partial charge in [0.15, 0.2) is 0 Å². The average molecular weight is 291 g/mol. The summed E-state index contributed by atoms with van der Waals surface area (Å²) in [6, 6.07) is 9.16. The lowest BCUT2D eigenvalue weighted by Gasteiger charge is -2.17. The molecule has 0 bridgehead atoms. The number of amidine groups is 1. The van der Waals surface area contributed by atoms with E-state index in [0.29, 0.717) is 12.1 Å². The summed E-state index contributed by atoms with van der Waals surface area (Å²) in [5, 5.41) is 9.42. The van der Waals surface area contributed by atoms with Crippen LogP contribution in [0.15, 0.2) is 35.7 Å². The van der Waals surface area contributed by atoms with Gasteiger partial charge in [0.25, 0.3) is 0 Å². The smallest absolute Gasteiger partial charge is 0.138 e. The second-order valence-electron chi connectivity index (χ2n) is 4.76. The molecule has 2 aromatic rings. The van der Waals surface area contributed by atoms with E-state index < -0.39 is 0 Å². The summed E-state index contributed by atoms with van der Waals surface area (Å²) in [6.07, 6.45) is 0.961. The molecule has 0 aliphatic rings. The maximum absolute atomic E-state index is 14.2. The molecule has 1 aromatic heterocycles. The van der Waals surface area contributed by atoms with E-state index in [2.05, 4.69) is 16.3 Å². The molecule has 1 aromatic carbocycles. The summed E-state index contributed by atoms with van der Waals surface area (Å²) >= 11 is 1.74. The van der Waals surface area contributed by atoms with Crippen molar-refractivity contribution < 1.29 is 4.39 Å². The van der Waals surface area contributed by atoms with Gasteiger partial charge >= 0.3 is 0 Å². The van der Waals surface area contributed by atoms with Crippen LogP contribution in [0.3, 0.4) is 0 Å². The fraction of sp³-hybridized carbons (Fsp3) is 0.267. The number of rotatable bonds is 6. The molecule has 0 unspecified atom stereocenters. The van der Waals surface area contributed by atoms with E-state index in [9.17, 15) is 4.39 Å². The fourth-order valence-electron chi connectivity index (χ4n) is 2.04. The van der Waals surface area contributed by atoms with E-state index in [4.69, 9.17) is 11.1 Å². The first-order valence-corrected chi connectivity index (χ1v) is 7.28. The van der Waals surface area contributed by atoms with Crippen molar-refractivity contribution in [2.75, 3.05) is 13.6 Å². The molecule has 0 fully saturated rings. The van der Waals surface area contributed by atoms with E-state index in [1.807, 2.05) is 13.1 Å². The van der Waals surface area contributed by atoms with Gasteiger partial charge in [-0.15, -0.1) is 11.3 Å². The second kappa shape index (κ2) is 6.63. The molecule has 20 heavy (non-hydrogen) atoms. The Morgan fingerprint density at radius 3 is 2.80 bits per heavy atom. The van der Waals surface area contributed by atoms with Gasteiger partial charge in [0.1, 0.15) is 11.7 Å². The highest BCUT2D eigenvalue weighted by molar-refractivity contribution is 7.09. The monoisotopic (exact) mass is 291 g/mol. The van der Waals surface area contributed by atoms with Crippen LogP contribution in [0, 0.1) is 11.2 Å². The number of halogens is 1. The molecule has 0 radical (unpaired) electrons. The molecule has 0 saturated carbocycles. The van der Waals surface area contributed by atoms with Crippen LogP contribution in [-0.2, 0) is 13.0 Å². The number of hydrogen-bond acceptors (Lipinski definition) is 3. The molecule has 0 saturated heterocycles. The summed E-state index contributed by atoms with van der Waals surface area (Å²) in [5.41, 5.74) is 6.12. The molecule has 2 rings (SSSR count). The topological polar surface area (TPSA) is 53.1 Å². The Kier molecular flexibility index (Phi) is 4.87. The third kappa shape index (κ3) is 3.65. The second-order valence-corrected chi connectivity index (χ2v) is 5.79. The number of nitrogens with two attached hydrogens (primary N) is 1. The van der Waals surface area contributed by atoms with Gasteiger partial charge in [0.2, 0.25) is 0 Å². The largest absolute Gasteiger partial charge is 0.384 e. The third-order valence-electron chi connectivity index (χ3n) is 3.13. The van der Waals surface area contributed by atoms with Gasteiger partial charge in [-0.3, -0.25) is 5.41 Å². The first kappa shape index (κ1) is 14.7. The first-order valence-electron chi connectivity index (χ1n) is 6.40. The predicted molar refractivity (Wildman–Crippen MR) is 81.8 cm³/mol. The van der Waals surface area contributed by atoms with Gasteiger partial charge in [-0.25, -0.2) is 4.39 Å². The Hall–Kier alpha value is -1.72. The van der Waals surface area contributed by atoms with Gasteiger partial charge in [0.05, 0.1) is 5.56 Å². The summed E-state index contributed by atoms with van der Waals surface area (Å²) < 4.78 is 14.2. The lowest BCUT2D eigenvalue weighted by Crippen LogP contribution is -2.22. The number of hydrogen-bond donors (Lipinski definition) is 2. The summed E-state index contributed by atoms with van der Waals surface area (Å²) in [4.78, 5) is 3.40. The van der Waals surface area contributed by atoms with Crippen LogP contribution >= 0.6 is 11.3 Å². The van der Waals surface area contributed by atoms with Crippen molar-refractivity contribution in [1.82, 2.24) is 4.90 Å². The van der Waals surface area contributed by atoms with Gasteiger partial charge in [-0.1, -0.05) is 18.2 Å². The molecule has 106 valence electrons. The van der Waals surface area contributed by atoms with Gasteiger partial charge in [-0.2, -0.15) is 0 Å². The average Bonchev–Trinajstić information content (AvgIpc) is 2.91. The van der Waals surface area contributed by atoms with Crippen LogP contribution in [0.4, 0.5) is 4.39 Å². The van der Waals surface area contributed by atoms with Gasteiger partial charge in [-0.05, 0) is 31.0 Å². The lowest BCUT2D eigenvalue weighted by molar-refractivity contribution is 0.326. The molecule has 3 nitrogen and oxygen atoms in total. The SMILES string of the molecule is CN(CCc1cccs1)Cc1cccc(C(=N)N)c1F. The molecular formula is C15H18FN3S. The highest BCUT2D eigenvalue weighted by Gasteiger charge is 2.11. The third-order valence-corrected chi connectivity index (χ3v) is 4.07. The Bertz CT molecular complexity index is 581. The maximum atomic E-state index is 14.2. The Balaban J connectivity index is 1.99. The minimum Gasteiger partial charge on any atom is -0.384 e. The molecule has 0 aliphatic heterocycles. The molecule has 5 heteroatoms. The van der Waals surface area contributed by atoms with Crippen molar-refractivity contribution >= 4 is 17.2 Å². The molecule has 1 heterocycles. The number of nitrogen functional groups attached to an aromatic ring is 1. The molecule has 3 N–H and O–H groups in total. The lowest BCUT2D eigenvalue weighted by atomic mass is 10.1. The summed E-state index contributed by atoms with van der Waals surface area (Å²) in [6.45, 7) is 1.38. The van der Waals surface area contributed by atoms with E-state index in [1.54, 1.807) is 23.5 Å². The number of thiophene rings is 1. The highest BCUT2D eigenvalue weighted by Crippen LogP contribution is 2.15. The van der Waals surface area contributed by atoms with Crippen molar-refractivity contribution in [1.29, 1.82) is 5.41 Å². The molecule has 0 amide bonds. The summed E-state index contributed by atoms with van der Waals surface area (Å²) in [7, 11) is 1.97. The van der Waals surface area contributed by atoms with Crippen molar-refractivity contribution in [3.8, 4) is 0 Å². The van der Waals surface area contributed by atoms with Crippen molar-refractivity contribution in [3.05, 3.63) is 57.5 Å². The molecule has 0 aliphatic carbocycles. The van der Waals surface area contributed by atoms with Crippen molar-refractivity contribution in [2.24, 2.45) is 5.73 Å². The Labute approximate surface area is 122 Å². The fourth-order valence-corrected chi connectivity index (χ4v) is 2.73. The number of likely N-dealkylation sites (N-methyl/N-ethyl adjacent to an activating group) is 1. The standard InChI is InChI=1S/C15H18FN3S/c1-19(8-7-12-5-3-9-20-12)10-11-4-2-6-13(14(11)16)15(17)18/h2-6,9H,7-8,10H2,1H3,(H3,17,18). The van der Waals surface area contributed by atoms with E-state index in [0.717, 1.165) is 13.0 Å². The van der Waals surface area contributed by atoms with Crippen LogP contribution in [-0.4, -0.2) is 24.3 Å². The normalized spacial score (nSPS) is 10.9. The van der Waals surface area contributed by atoms with E-state index >= 15 is 0 Å². The molecule has 0 spiro atoms. The van der Waals surface area contributed by atoms with Crippen molar-refractivity contribution in [2.45, 2.75) is 13.0 Å². The summed E-state index contributed by atoms with van der Waals surface area (Å²) in [5.74, 6) is -0.617. The van der Waals surface area contributed by atoms with Gasteiger partial charge < -0.3 is 10.6 Å². The molecule has 0 atom stereocenters. The predicted octanol–water partition coefficient (Wildman–Crippen LogP) is 2.85. The zero-order valence-corrected chi connectivity index (χ0v) is 12.2. The quantitative estimate of drug-likeness (QED) is 0.635. The number of nitrogens with zero attached hydrogens (tertiary/aromatic N) is 1. The first-order chi connectivity index (χ1) is 9.58. The van der Waals surface area contributed by atoms with Crippen LogP contribution in [0.1, 0.15) is 16.0 Å². The zero-order chi connectivity index (χ0) is 14.5. The molecular weight excluding hydrogens is 273 g/mol. The van der Waals surface area contributed by atoms with Crippen LogP contribution < -0.4 is 5.73 Å². The van der Waals surface area contributed by atoms with E-state index in [-0.39, 0.29) is 17.2 Å². The Morgan fingerprint density at radius 1 is 1.35 bits per heavy atom. The van der Waals surface area contributed by atoms with Crippen LogP contribution in [0.25, 0.3) is 0 Å². The van der Waals surface area contributed by atoms with Crippen LogP contribution in [0.5, 0.6) is 0 Å². The number of nitrogens with one attached hydrogen (secondary N) is 1. The van der Waals surface area contributed by atoms with Crippen LogP contribution in [0.2, 0.25) is 0 Å². The Morgan fingerprint density at radius 2 is 2.15 bits per heavy atom. The highest BCUT2D eigenvalue weighted by atomic mass is 32.1. The zero-order valence-electron chi connectivity index (χ0n) is 11.4. The minimum absolute atomic E-state index is 0.175.